The van der Waals surface area contributed by atoms with Crippen LogP contribution in [0.15, 0.2) is 34.9 Å². The highest BCUT2D eigenvalue weighted by molar-refractivity contribution is 6.13. The highest BCUT2D eigenvalue weighted by atomic mass is 16.5. The number of carbonyl (C=O) groups excluding carboxylic acids is 2. The number of aryl methyl sites for hydroxylation is 1. The van der Waals surface area contributed by atoms with E-state index in [1.54, 1.807) is 31.2 Å². The Morgan fingerprint density at radius 2 is 1.95 bits per heavy atom. The van der Waals surface area contributed by atoms with Crippen LogP contribution in [0.25, 0.3) is 0 Å². The number of nitrogens with zero attached hydrogens (tertiary/aromatic N) is 2. The normalized spacial score (nSPS) is 17.4. The number of amides is 2. The van der Waals surface area contributed by atoms with Crippen LogP contribution in [-0.2, 0) is 0 Å². The Kier molecular flexibility index (Phi) is 3.12. The van der Waals surface area contributed by atoms with E-state index < -0.39 is 0 Å². The lowest BCUT2D eigenvalue weighted by Crippen LogP contribution is -2.37. The highest BCUT2D eigenvalue weighted by Gasteiger charge is 2.46. The number of hydrogen-bond acceptors (Lipinski definition) is 4. The van der Waals surface area contributed by atoms with Crippen molar-refractivity contribution in [2.75, 3.05) is 0 Å². The Labute approximate surface area is 122 Å². The third kappa shape index (κ3) is 1.96. The molecule has 2 heterocycles. The Hall–Kier alpha value is -2.43. The zero-order chi connectivity index (χ0) is 15.1. The van der Waals surface area contributed by atoms with Gasteiger partial charge in [-0.2, -0.15) is 0 Å². The quantitative estimate of drug-likeness (QED) is 0.795. The summed E-state index contributed by atoms with van der Waals surface area (Å²) in [6, 6.07) is 8.44. The molecule has 0 unspecified atom stereocenters. The number of hydrogen-bond donors (Lipinski definition) is 0. The fraction of sp³-hybridized carbons (Fsp3) is 0.312. The fourth-order valence-electron chi connectivity index (χ4n) is 2.77. The largest absolute Gasteiger partial charge is 0.360 e. The summed E-state index contributed by atoms with van der Waals surface area (Å²) >= 11 is 0. The van der Waals surface area contributed by atoms with Crippen LogP contribution in [0.2, 0.25) is 0 Å². The minimum atomic E-state index is -0.377. The Morgan fingerprint density at radius 3 is 2.57 bits per heavy atom. The van der Waals surface area contributed by atoms with Crippen molar-refractivity contribution in [3.8, 4) is 0 Å². The van der Waals surface area contributed by atoms with Gasteiger partial charge in [0.05, 0.1) is 6.04 Å². The molecule has 0 N–H and O–H groups in total. The molecule has 108 valence electrons. The Bertz CT molecular complexity index is 704. The first kappa shape index (κ1) is 13.5. The SMILES string of the molecule is Cc1onc2c1C(=O)N(C(=O)c1ccccc1)[C@H]2C(C)C. The molecule has 0 spiro atoms. The second kappa shape index (κ2) is 4.84. The van der Waals surface area contributed by atoms with Crippen molar-refractivity contribution in [3.05, 3.63) is 52.9 Å². The van der Waals surface area contributed by atoms with Gasteiger partial charge in [-0.3, -0.25) is 14.5 Å². The van der Waals surface area contributed by atoms with Crippen molar-refractivity contribution in [1.82, 2.24) is 10.1 Å². The molecule has 0 saturated heterocycles. The molecule has 1 aliphatic heterocycles. The first-order chi connectivity index (χ1) is 10.0. The van der Waals surface area contributed by atoms with Crippen LogP contribution in [-0.4, -0.2) is 21.9 Å². The van der Waals surface area contributed by atoms with E-state index in [0.29, 0.717) is 22.6 Å². The Morgan fingerprint density at radius 1 is 1.29 bits per heavy atom. The molecule has 0 saturated carbocycles. The number of carbonyl (C=O) groups is 2. The second-order valence-electron chi connectivity index (χ2n) is 5.53. The summed E-state index contributed by atoms with van der Waals surface area (Å²) in [5.74, 6) is -0.0932. The molecule has 5 nitrogen and oxygen atoms in total. The van der Waals surface area contributed by atoms with E-state index in [1.807, 2.05) is 19.9 Å². The molecule has 21 heavy (non-hydrogen) atoms. The average Bonchev–Trinajstić information content (AvgIpc) is 2.98. The van der Waals surface area contributed by atoms with Crippen LogP contribution in [0.5, 0.6) is 0 Å². The van der Waals surface area contributed by atoms with E-state index in [-0.39, 0.29) is 23.8 Å². The van der Waals surface area contributed by atoms with Crippen LogP contribution in [0.3, 0.4) is 0 Å². The van der Waals surface area contributed by atoms with Crippen LogP contribution in [0.4, 0.5) is 0 Å². The standard InChI is InChI=1S/C16H16N2O3/c1-9(2)14-13-12(10(3)21-17-13)16(20)18(14)15(19)11-7-5-4-6-8-11/h4-9,14H,1-3H3/t14-/m0/s1. The molecule has 5 heteroatoms. The highest BCUT2D eigenvalue weighted by Crippen LogP contribution is 2.40. The maximum atomic E-state index is 12.7. The second-order valence-corrected chi connectivity index (χ2v) is 5.53. The van der Waals surface area contributed by atoms with Crippen molar-refractivity contribution in [2.45, 2.75) is 26.8 Å². The third-order valence-corrected chi connectivity index (χ3v) is 3.75. The first-order valence-electron chi connectivity index (χ1n) is 6.91. The van der Waals surface area contributed by atoms with E-state index in [9.17, 15) is 9.59 Å². The van der Waals surface area contributed by atoms with E-state index in [4.69, 9.17) is 4.52 Å². The summed E-state index contributed by atoms with van der Waals surface area (Å²) in [5, 5.41) is 3.99. The lowest BCUT2D eigenvalue weighted by Gasteiger charge is -2.25. The monoisotopic (exact) mass is 284 g/mol. The summed E-state index contributed by atoms with van der Waals surface area (Å²) in [6.07, 6.45) is 0. The van der Waals surface area contributed by atoms with Crippen molar-refractivity contribution >= 4 is 11.8 Å². The van der Waals surface area contributed by atoms with Gasteiger partial charge in [-0.25, -0.2) is 0 Å². The number of rotatable bonds is 2. The van der Waals surface area contributed by atoms with Crippen molar-refractivity contribution in [1.29, 1.82) is 0 Å². The molecule has 1 aliphatic rings. The van der Waals surface area contributed by atoms with E-state index >= 15 is 0 Å². The molecule has 0 radical (unpaired) electrons. The molecule has 1 aromatic heterocycles. The number of fused-ring (bicyclic) bond motifs is 1. The van der Waals surface area contributed by atoms with Gasteiger partial charge in [0.15, 0.2) is 0 Å². The predicted octanol–water partition coefficient (Wildman–Crippen LogP) is 2.98. The first-order valence-corrected chi connectivity index (χ1v) is 6.91. The predicted molar refractivity (Wildman–Crippen MR) is 75.8 cm³/mol. The third-order valence-electron chi connectivity index (χ3n) is 3.75. The summed E-state index contributed by atoms with van der Waals surface area (Å²) in [5.41, 5.74) is 1.49. The van der Waals surface area contributed by atoms with Crippen LogP contribution in [0.1, 0.15) is 52.1 Å². The number of imide groups is 1. The van der Waals surface area contributed by atoms with Gasteiger partial charge in [0.25, 0.3) is 11.8 Å². The molecular formula is C16H16N2O3. The molecule has 1 aromatic carbocycles. The van der Waals surface area contributed by atoms with Gasteiger partial charge in [-0.1, -0.05) is 37.2 Å². The van der Waals surface area contributed by atoms with Gasteiger partial charge in [0.1, 0.15) is 17.0 Å². The molecule has 0 fully saturated rings. The summed E-state index contributed by atoms with van der Waals surface area (Å²) in [7, 11) is 0. The van der Waals surface area contributed by atoms with Crippen molar-refractivity contribution < 1.29 is 14.1 Å². The van der Waals surface area contributed by atoms with E-state index in [2.05, 4.69) is 5.16 Å². The van der Waals surface area contributed by atoms with Crippen LogP contribution >= 0.6 is 0 Å². The molecule has 2 amide bonds. The molecule has 3 rings (SSSR count). The smallest absolute Gasteiger partial charge is 0.266 e. The summed E-state index contributed by atoms with van der Waals surface area (Å²) < 4.78 is 5.11. The molecule has 0 bridgehead atoms. The van der Waals surface area contributed by atoms with Gasteiger partial charge in [0, 0.05) is 5.56 Å². The van der Waals surface area contributed by atoms with E-state index in [1.165, 1.54) is 4.90 Å². The maximum Gasteiger partial charge on any atom is 0.266 e. The van der Waals surface area contributed by atoms with Crippen molar-refractivity contribution in [3.63, 3.8) is 0 Å². The van der Waals surface area contributed by atoms with Crippen LogP contribution in [0, 0.1) is 12.8 Å². The van der Waals surface area contributed by atoms with Crippen LogP contribution < -0.4 is 0 Å². The fourth-order valence-corrected chi connectivity index (χ4v) is 2.77. The summed E-state index contributed by atoms with van der Waals surface area (Å²) in [6.45, 7) is 5.61. The minimum absolute atomic E-state index is 0.0624. The Balaban J connectivity index is 2.07. The van der Waals surface area contributed by atoms with Gasteiger partial charge in [0.2, 0.25) is 0 Å². The van der Waals surface area contributed by atoms with Gasteiger partial charge in [-0.15, -0.1) is 0 Å². The van der Waals surface area contributed by atoms with Gasteiger partial charge >= 0.3 is 0 Å². The number of aromatic nitrogens is 1. The maximum absolute atomic E-state index is 12.7. The molecule has 0 aliphatic carbocycles. The zero-order valence-electron chi connectivity index (χ0n) is 12.2. The van der Waals surface area contributed by atoms with E-state index in [0.717, 1.165) is 0 Å². The minimum Gasteiger partial charge on any atom is -0.360 e. The lowest BCUT2D eigenvalue weighted by molar-refractivity contribution is 0.0530. The van der Waals surface area contributed by atoms with Gasteiger partial charge < -0.3 is 4.52 Å². The lowest BCUT2D eigenvalue weighted by atomic mass is 10.00. The number of benzene rings is 1. The topological polar surface area (TPSA) is 63.4 Å². The molecule has 1 atom stereocenters. The van der Waals surface area contributed by atoms with Gasteiger partial charge in [-0.05, 0) is 25.0 Å². The molecule has 2 aromatic rings. The van der Waals surface area contributed by atoms with Crippen molar-refractivity contribution in [2.24, 2.45) is 5.92 Å². The zero-order valence-corrected chi connectivity index (χ0v) is 12.2. The molecular weight excluding hydrogens is 268 g/mol. The average molecular weight is 284 g/mol. The summed E-state index contributed by atoms with van der Waals surface area (Å²) in [4.78, 5) is 26.6.